The zero-order chi connectivity index (χ0) is 14.4. The molecule has 1 saturated heterocycles. The molecule has 1 fully saturated rings. The smallest absolute Gasteiger partial charge is 0.222 e. The van der Waals surface area contributed by atoms with Crippen LogP contribution in [0.3, 0.4) is 0 Å². The standard InChI is InChI=1S/C14H22N4O2/c1-12(19)15-7-2-6-14(20)17-9-3-5-13(11-17)18-10-4-8-16-18/h4,8,10,13H,2-3,5-7,9,11H2,1H3,(H,15,19). The summed E-state index contributed by atoms with van der Waals surface area (Å²) in [6.07, 6.45) is 7.00. The Morgan fingerprint density at radius 2 is 2.30 bits per heavy atom. The molecule has 1 N–H and O–H groups in total. The molecule has 0 spiro atoms. The summed E-state index contributed by atoms with van der Waals surface area (Å²) < 4.78 is 1.94. The minimum absolute atomic E-state index is 0.0471. The number of rotatable bonds is 5. The van der Waals surface area contributed by atoms with Gasteiger partial charge in [0.15, 0.2) is 0 Å². The number of hydrogen-bond donors (Lipinski definition) is 1. The van der Waals surface area contributed by atoms with Gasteiger partial charge in [-0.3, -0.25) is 14.3 Å². The zero-order valence-electron chi connectivity index (χ0n) is 11.9. The van der Waals surface area contributed by atoms with E-state index >= 15 is 0 Å². The van der Waals surface area contributed by atoms with E-state index in [2.05, 4.69) is 10.4 Å². The maximum Gasteiger partial charge on any atom is 0.222 e. The monoisotopic (exact) mass is 278 g/mol. The molecule has 1 unspecified atom stereocenters. The number of nitrogens with zero attached hydrogens (tertiary/aromatic N) is 3. The molecule has 20 heavy (non-hydrogen) atoms. The first-order valence-electron chi connectivity index (χ1n) is 7.18. The van der Waals surface area contributed by atoms with E-state index in [9.17, 15) is 9.59 Å². The summed E-state index contributed by atoms with van der Waals surface area (Å²) in [7, 11) is 0. The van der Waals surface area contributed by atoms with Gasteiger partial charge in [0.1, 0.15) is 0 Å². The van der Waals surface area contributed by atoms with Crippen LogP contribution in [0.2, 0.25) is 0 Å². The third kappa shape index (κ3) is 4.08. The average molecular weight is 278 g/mol. The molecule has 6 heteroatoms. The molecule has 2 rings (SSSR count). The fourth-order valence-electron chi connectivity index (χ4n) is 2.56. The van der Waals surface area contributed by atoms with Crippen molar-refractivity contribution in [3.05, 3.63) is 18.5 Å². The summed E-state index contributed by atoms with van der Waals surface area (Å²) >= 11 is 0. The van der Waals surface area contributed by atoms with Gasteiger partial charge in [-0.25, -0.2) is 0 Å². The molecular weight excluding hydrogens is 256 g/mol. The Labute approximate surface area is 119 Å². The van der Waals surface area contributed by atoms with Gasteiger partial charge in [-0.1, -0.05) is 0 Å². The molecule has 0 bridgehead atoms. The third-order valence-corrected chi connectivity index (χ3v) is 3.59. The van der Waals surface area contributed by atoms with Crippen molar-refractivity contribution >= 4 is 11.8 Å². The van der Waals surface area contributed by atoms with E-state index in [1.165, 1.54) is 6.92 Å². The molecule has 1 aromatic heterocycles. The second-order valence-corrected chi connectivity index (χ2v) is 5.21. The lowest BCUT2D eigenvalue weighted by Crippen LogP contribution is -2.41. The first-order valence-corrected chi connectivity index (χ1v) is 7.18. The van der Waals surface area contributed by atoms with Gasteiger partial charge in [-0.05, 0) is 25.3 Å². The molecule has 0 aliphatic carbocycles. The van der Waals surface area contributed by atoms with E-state index in [1.54, 1.807) is 6.20 Å². The second-order valence-electron chi connectivity index (χ2n) is 5.21. The van der Waals surface area contributed by atoms with Crippen LogP contribution in [0, 0.1) is 0 Å². The molecule has 6 nitrogen and oxygen atoms in total. The van der Waals surface area contributed by atoms with Crippen molar-refractivity contribution in [2.45, 2.75) is 38.6 Å². The summed E-state index contributed by atoms with van der Waals surface area (Å²) in [4.78, 5) is 24.8. The van der Waals surface area contributed by atoms with Crippen LogP contribution in [0.15, 0.2) is 18.5 Å². The lowest BCUT2D eigenvalue weighted by atomic mass is 10.1. The largest absolute Gasteiger partial charge is 0.356 e. The highest BCUT2D eigenvalue weighted by atomic mass is 16.2. The predicted molar refractivity (Wildman–Crippen MR) is 75.0 cm³/mol. The van der Waals surface area contributed by atoms with E-state index in [-0.39, 0.29) is 17.9 Å². The maximum absolute atomic E-state index is 12.1. The van der Waals surface area contributed by atoms with Gasteiger partial charge in [-0.15, -0.1) is 0 Å². The molecule has 0 saturated carbocycles. The molecule has 0 radical (unpaired) electrons. The SMILES string of the molecule is CC(=O)NCCCC(=O)N1CCCC(n2cccn2)C1. The number of likely N-dealkylation sites (tertiary alicyclic amines) is 1. The van der Waals surface area contributed by atoms with Crippen LogP contribution in [-0.2, 0) is 9.59 Å². The van der Waals surface area contributed by atoms with E-state index in [1.807, 2.05) is 21.8 Å². The second kappa shape index (κ2) is 7.07. The lowest BCUT2D eigenvalue weighted by Gasteiger charge is -2.33. The fourth-order valence-corrected chi connectivity index (χ4v) is 2.56. The van der Waals surface area contributed by atoms with Gasteiger partial charge < -0.3 is 10.2 Å². The Balaban J connectivity index is 1.77. The molecule has 0 aromatic carbocycles. The van der Waals surface area contributed by atoms with Crippen LogP contribution in [0.4, 0.5) is 0 Å². The van der Waals surface area contributed by atoms with Crippen molar-refractivity contribution in [1.82, 2.24) is 20.0 Å². The normalized spacial score (nSPS) is 18.9. The van der Waals surface area contributed by atoms with Gasteiger partial charge in [0.2, 0.25) is 11.8 Å². The highest BCUT2D eigenvalue weighted by Gasteiger charge is 2.24. The Morgan fingerprint density at radius 3 is 3.00 bits per heavy atom. The summed E-state index contributed by atoms with van der Waals surface area (Å²) in [6.45, 7) is 3.62. The first kappa shape index (κ1) is 14.6. The number of carbonyl (C=O) groups excluding carboxylic acids is 2. The van der Waals surface area contributed by atoms with Crippen LogP contribution in [0.5, 0.6) is 0 Å². The first-order chi connectivity index (χ1) is 9.66. The quantitative estimate of drug-likeness (QED) is 0.816. The molecule has 2 amide bonds. The van der Waals surface area contributed by atoms with Crippen molar-refractivity contribution in [3.63, 3.8) is 0 Å². The number of aromatic nitrogens is 2. The summed E-state index contributed by atoms with van der Waals surface area (Å²) in [6, 6.07) is 2.20. The maximum atomic E-state index is 12.1. The van der Waals surface area contributed by atoms with Crippen molar-refractivity contribution in [1.29, 1.82) is 0 Å². The number of nitrogens with one attached hydrogen (secondary N) is 1. The van der Waals surface area contributed by atoms with Gasteiger partial charge in [-0.2, -0.15) is 5.10 Å². The van der Waals surface area contributed by atoms with Gasteiger partial charge in [0, 0.05) is 45.4 Å². The van der Waals surface area contributed by atoms with Gasteiger partial charge >= 0.3 is 0 Å². The van der Waals surface area contributed by atoms with Gasteiger partial charge in [0.05, 0.1) is 6.04 Å². The average Bonchev–Trinajstić information content (AvgIpc) is 2.97. The van der Waals surface area contributed by atoms with Crippen molar-refractivity contribution in [2.75, 3.05) is 19.6 Å². The minimum atomic E-state index is -0.0471. The van der Waals surface area contributed by atoms with E-state index in [0.29, 0.717) is 19.4 Å². The molecular formula is C14H22N4O2. The highest BCUT2D eigenvalue weighted by Crippen LogP contribution is 2.21. The van der Waals surface area contributed by atoms with Crippen LogP contribution in [-0.4, -0.2) is 46.1 Å². The van der Waals surface area contributed by atoms with Gasteiger partial charge in [0.25, 0.3) is 0 Å². The lowest BCUT2D eigenvalue weighted by molar-refractivity contribution is -0.133. The molecule has 1 aromatic rings. The third-order valence-electron chi connectivity index (χ3n) is 3.59. The molecule has 2 heterocycles. The number of piperidine rings is 1. The highest BCUT2D eigenvalue weighted by molar-refractivity contribution is 5.76. The minimum Gasteiger partial charge on any atom is -0.356 e. The van der Waals surface area contributed by atoms with Crippen LogP contribution >= 0.6 is 0 Å². The van der Waals surface area contributed by atoms with Crippen LogP contribution in [0.25, 0.3) is 0 Å². The van der Waals surface area contributed by atoms with Crippen molar-refractivity contribution in [3.8, 4) is 0 Å². The van der Waals surface area contributed by atoms with E-state index in [0.717, 1.165) is 25.9 Å². The summed E-state index contributed by atoms with van der Waals surface area (Å²) in [5, 5.41) is 6.97. The summed E-state index contributed by atoms with van der Waals surface area (Å²) in [5.74, 6) is 0.126. The number of amides is 2. The topological polar surface area (TPSA) is 67.2 Å². The summed E-state index contributed by atoms with van der Waals surface area (Å²) in [5.41, 5.74) is 0. The van der Waals surface area contributed by atoms with E-state index in [4.69, 9.17) is 0 Å². The van der Waals surface area contributed by atoms with Crippen LogP contribution in [0.1, 0.15) is 38.6 Å². The molecule has 1 aliphatic heterocycles. The Morgan fingerprint density at radius 1 is 1.45 bits per heavy atom. The van der Waals surface area contributed by atoms with E-state index < -0.39 is 0 Å². The zero-order valence-corrected chi connectivity index (χ0v) is 11.9. The number of hydrogen-bond acceptors (Lipinski definition) is 3. The molecule has 1 aliphatic rings. The fraction of sp³-hybridized carbons (Fsp3) is 0.643. The number of carbonyl (C=O) groups is 2. The Hall–Kier alpha value is -1.85. The molecule has 1 atom stereocenters. The molecule has 110 valence electrons. The Bertz CT molecular complexity index is 444. The Kier molecular flexibility index (Phi) is 5.15. The van der Waals surface area contributed by atoms with Crippen LogP contribution < -0.4 is 5.32 Å². The van der Waals surface area contributed by atoms with Crippen molar-refractivity contribution in [2.24, 2.45) is 0 Å². The predicted octanol–water partition coefficient (Wildman–Crippen LogP) is 0.963. The van der Waals surface area contributed by atoms with Crippen molar-refractivity contribution < 1.29 is 9.59 Å².